The number of hydrogen-bond acceptors (Lipinski definition) is 4. The number of nitrogens with zero attached hydrogens (tertiary/aromatic N) is 3. The first kappa shape index (κ1) is 10.7. The van der Waals surface area contributed by atoms with E-state index in [0.717, 1.165) is 0 Å². The van der Waals surface area contributed by atoms with Gasteiger partial charge >= 0.3 is 12.2 Å². The number of alkyl halides is 3. The third kappa shape index (κ3) is 1.77. The van der Waals surface area contributed by atoms with Gasteiger partial charge in [-0.05, 0) is 6.92 Å². The number of H-pyrrole nitrogens is 1. The van der Waals surface area contributed by atoms with Crippen LogP contribution in [0.2, 0.25) is 0 Å². The zero-order valence-electron chi connectivity index (χ0n) is 8.17. The van der Waals surface area contributed by atoms with Gasteiger partial charge in [-0.3, -0.25) is 5.10 Å². The molecular formula is C8H7F3N4O. The molecule has 86 valence electrons. The number of nitrogens with one attached hydrogen (secondary N) is 1. The summed E-state index contributed by atoms with van der Waals surface area (Å²) in [5, 5.41) is 5.71. The average Bonchev–Trinajstić information content (AvgIpc) is 2.63. The van der Waals surface area contributed by atoms with Crippen molar-refractivity contribution in [3.63, 3.8) is 0 Å². The Labute approximate surface area is 87.7 Å². The van der Waals surface area contributed by atoms with Gasteiger partial charge in [-0.2, -0.15) is 28.2 Å². The average molecular weight is 232 g/mol. The van der Waals surface area contributed by atoms with Crippen molar-refractivity contribution >= 4 is 11.0 Å². The third-order valence-electron chi connectivity index (χ3n) is 1.82. The highest BCUT2D eigenvalue weighted by atomic mass is 19.4. The molecule has 5 nitrogen and oxygen atoms in total. The van der Waals surface area contributed by atoms with Crippen molar-refractivity contribution < 1.29 is 17.9 Å². The molecular weight excluding hydrogens is 225 g/mol. The maximum Gasteiger partial charge on any atom is 0.435 e. The Bertz CT molecular complexity index is 507. The Morgan fingerprint density at radius 2 is 2.12 bits per heavy atom. The smallest absolute Gasteiger partial charge is 0.435 e. The fourth-order valence-corrected chi connectivity index (χ4v) is 1.22. The maximum atomic E-state index is 12.6. The molecule has 0 aliphatic carbocycles. The third-order valence-corrected chi connectivity index (χ3v) is 1.82. The molecule has 0 aliphatic rings. The second kappa shape index (κ2) is 3.62. The van der Waals surface area contributed by atoms with Gasteiger partial charge in [-0.25, -0.2) is 0 Å². The molecule has 0 radical (unpaired) electrons. The predicted octanol–water partition coefficient (Wildman–Crippen LogP) is 1.77. The van der Waals surface area contributed by atoms with E-state index < -0.39 is 11.9 Å². The lowest BCUT2D eigenvalue weighted by Crippen LogP contribution is -2.11. The maximum absolute atomic E-state index is 12.6. The first-order valence-corrected chi connectivity index (χ1v) is 4.43. The Kier molecular flexibility index (Phi) is 2.41. The lowest BCUT2D eigenvalue weighted by molar-refractivity contribution is -0.140. The molecule has 2 aromatic rings. The van der Waals surface area contributed by atoms with Crippen molar-refractivity contribution in [1.82, 2.24) is 20.2 Å². The zero-order valence-corrected chi connectivity index (χ0v) is 8.17. The van der Waals surface area contributed by atoms with E-state index in [-0.39, 0.29) is 23.7 Å². The second-order valence-corrected chi connectivity index (χ2v) is 2.92. The zero-order chi connectivity index (χ0) is 11.8. The van der Waals surface area contributed by atoms with Crippen LogP contribution in [0.25, 0.3) is 11.0 Å². The lowest BCUT2D eigenvalue weighted by atomic mass is 10.3. The molecule has 2 heterocycles. The fraction of sp³-hybridized carbons (Fsp3) is 0.375. The largest absolute Gasteiger partial charge is 0.464 e. The molecule has 2 rings (SSSR count). The Balaban J connectivity index is 2.64. The number of fused-ring (bicyclic) bond motifs is 1. The van der Waals surface area contributed by atoms with E-state index in [4.69, 9.17) is 4.74 Å². The van der Waals surface area contributed by atoms with Crippen LogP contribution in [0.4, 0.5) is 13.2 Å². The number of aromatic amines is 1. The molecule has 0 saturated carbocycles. The number of hydrogen-bond donors (Lipinski definition) is 1. The molecule has 16 heavy (non-hydrogen) atoms. The minimum atomic E-state index is -4.57. The molecule has 0 amide bonds. The molecule has 2 aromatic heterocycles. The minimum Gasteiger partial charge on any atom is -0.464 e. The van der Waals surface area contributed by atoms with Crippen molar-refractivity contribution in [3.8, 4) is 6.01 Å². The summed E-state index contributed by atoms with van der Waals surface area (Å²) in [4.78, 5) is 7.08. The van der Waals surface area contributed by atoms with E-state index in [9.17, 15) is 13.2 Å². The van der Waals surface area contributed by atoms with Crippen molar-refractivity contribution in [2.45, 2.75) is 13.1 Å². The summed E-state index contributed by atoms with van der Waals surface area (Å²) in [5.41, 5.74) is -1.24. The second-order valence-electron chi connectivity index (χ2n) is 2.92. The van der Waals surface area contributed by atoms with Crippen LogP contribution in [-0.2, 0) is 6.18 Å². The van der Waals surface area contributed by atoms with Crippen molar-refractivity contribution in [2.75, 3.05) is 6.61 Å². The van der Waals surface area contributed by atoms with Gasteiger partial charge in [0.15, 0.2) is 5.69 Å². The molecule has 0 fully saturated rings. The summed E-state index contributed by atoms with van der Waals surface area (Å²) < 4.78 is 42.7. The summed E-state index contributed by atoms with van der Waals surface area (Å²) in [6.07, 6.45) is -3.38. The van der Waals surface area contributed by atoms with E-state index >= 15 is 0 Å². The van der Waals surface area contributed by atoms with Gasteiger partial charge in [-0.1, -0.05) is 0 Å². The highest BCUT2D eigenvalue weighted by Crippen LogP contribution is 2.32. The van der Waals surface area contributed by atoms with Crippen LogP contribution in [0.1, 0.15) is 12.6 Å². The molecule has 0 saturated heterocycles. The molecule has 0 spiro atoms. The molecule has 0 aromatic carbocycles. The van der Waals surface area contributed by atoms with Crippen LogP contribution in [0, 0.1) is 0 Å². The van der Waals surface area contributed by atoms with Gasteiger partial charge in [0.1, 0.15) is 11.0 Å². The predicted molar refractivity (Wildman–Crippen MR) is 47.9 cm³/mol. The van der Waals surface area contributed by atoms with Crippen LogP contribution in [0.3, 0.4) is 0 Å². The van der Waals surface area contributed by atoms with Gasteiger partial charge in [0, 0.05) is 0 Å². The van der Waals surface area contributed by atoms with Gasteiger partial charge < -0.3 is 4.74 Å². The van der Waals surface area contributed by atoms with E-state index in [1.54, 1.807) is 6.92 Å². The number of ether oxygens (including phenoxy) is 1. The number of halogens is 3. The monoisotopic (exact) mass is 232 g/mol. The topological polar surface area (TPSA) is 63.7 Å². The van der Waals surface area contributed by atoms with Gasteiger partial charge in [0.25, 0.3) is 0 Å². The van der Waals surface area contributed by atoms with Gasteiger partial charge in [-0.15, -0.1) is 0 Å². The van der Waals surface area contributed by atoms with E-state index in [0.29, 0.717) is 0 Å². The highest BCUT2D eigenvalue weighted by molar-refractivity contribution is 5.76. The van der Waals surface area contributed by atoms with Crippen LogP contribution >= 0.6 is 0 Å². The SMILES string of the molecule is CCOc1nc(C(F)(F)F)c2[nH]ncc2n1. The Morgan fingerprint density at radius 3 is 2.75 bits per heavy atom. The Hall–Kier alpha value is -1.86. The summed E-state index contributed by atoms with van der Waals surface area (Å²) in [7, 11) is 0. The minimum absolute atomic E-state index is 0.0748. The van der Waals surface area contributed by atoms with Crippen LogP contribution < -0.4 is 4.74 Å². The normalized spacial score (nSPS) is 12.0. The molecule has 8 heteroatoms. The molecule has 0 aliphatic heterocycles. The fourth-order valence-electron chi connectivity index (χ4n) is 1.22. The van der Waals surface area contributed by atoms with Crippen molar-refractivity contribution in [2.24, 2.45) is 0 Å². The van der Waals surface area contributed by atoms with Gasteiger partial charge in [0.2, 0.25) is 0 Å². The van der Waals surface area contributed by atoms with E-state index in [1.807, 2.05) is 0 Å². The summed E-state index contributed by atoms with van der Waals surface area (Å²) >= 11 is 0. The number of aromatic nitrogens is 4. The van der Waals surface area contributed by atoms with E-state index in [2.05, 4.69) is 20.2 Å². The van der Waals surface area contributed by atoms with Crippen LogP contribution in [0.5, 0.6) is 6.01 Å². The molecule has 0 bridgehead atoms. The highest BCUT2D eigenvalue weighted by Gasteiger charge is 2.36. The standard InChI is InChI=1S/C8H7F3N4O/c1-2-16-7-13-4-3-12-15-5(4)6(14-7)8(9,10)11/h3H,2H2,1H3,(H,12,15). The van der Waals surface area contributed by atoms with Gasteiger partial charge in [0.05, 0.1) is 12.8 Å². The molecule has 0 unspecified atom stereocenters. The van der Waals surface area contributed by atoms with E-state index in [1.165, 1.54) is 6.20 Å². The lowest BCUT2D eigenvalue weighted by Gasteiger charge is -2.08. The first-order chi connectivity index (χ1) is 7.52. The summed E-state index contributed by atoms with van der Waals surface area (Å²) in [6.45, 7) is 1.83. The van der Waals surface area contributed by atoms with Crippen LogP contribution in [-0.4, -0.2) is 26.8 Å². The Morgan fingerprint density at radius 1 is 1.38 bits per heavy atom. The van der Waals surface area contributed by atoms with Crippen LogP contribution in [0.15, 0.2) is 6.20 Å². The van der Waals surface area contributed by atoms with Crippen molar-refractivity contribution in [3.05, 3.63) is 11.9 Å². The van der Waals surface area contributed by atoms with Crippen molar-refractivity contribution in [1.29, 1.82) is 0 Å². The number of rotatable bonds is 2. The quantitative estimate of drug-likeness (QED) is 0.857. The molecule has 1 N–H and O–H groups in total. The summed E-state index contributed by atoms with van der Waals surface area (Å²) in [5.74, 6) is 0. The molecule has 0 atom stereocenters. The first-order valence-electron chi connectivity index (χ1n) is 4.43. The summed E-state index contributed by atoms with van der Waals surface area (Å²) in [6, 6.07) is -0.302.